The van der Waals surface area contributed by atoms with Crippen molar-refractivity contribution in [2.24, 2.45) is 0 Å². The third kappa shape index (κ3) is 5.22. The fourth-order valence-corrected chi connectivity index (χ4v) is 3.45. The van der Waals surface area contributed by atoms with Crippen LogP contribution in [-0.2, 0) is 21.2 Å². The number of nitrogens with one attached hydrogen (secondary N) is 2. The number of sulfonamides is 1. The van der Waals surface area contributed by atoms with E-state index in [0.717, 1.165) is 9.87 Å². The van der Waals surface area contributed by atoms with E-state index in [9.17, 15) is 18.0 Å². The summed E-state index contributed by atoms with van der Waals surface area (Å²) in [6.45, 7) is 0. The molecule has 10 heteroatoms. The second-order valence-corrected chi connectivity index (χ2v) is 8.52. The zero-order valence-corrected chi connectivity index (χ0v) is 17.1. The molecule has 150 valence electrons. The van der Waals surface area contributed by atoms with Gasteiger partial charge >= 0.3 is 0 Å². The van der Waals surface area contributed by atoms with E-state index in [1.165, 1.54) is 39.4 Å². The summed E-state index contributed by atoms with van der Waals surface area (Å²) in [5, 5.41) is 0.556. The predicted octanol–water partition coefficient (Wildman–Crippen LogP) is 1.60. The van der Waals surface area contributed by atoms with Crippen LogP contribution in [0.15, 0.2) is 47.4 Å². The Morgan fingerprint density at radius 2 is 1.71 bits per heavy atom. The van der Waals surface area contributed by atoms with Gasteiger partial charge in [0, 0.05) is 24.7 Å². The number of carbonyl (C=O) groups is 2. The van der Waals surface area contributed by atoms with Crippen molar-refractivity contribution in [3.8, 4) is 5.75 Å². The van der Waals surface area contributed by atoms with Crippen molar-refractivity contribution < 1.29 is 22.7 Å². The summed E-state index contributed by atoms with van der Waals surface area (Å²) >= 11 is 5.79. The summed E-state index contributed by atoms with van der Waals surface area (Å²) in [4.78, 5) is 24.1. The Labute approximate surface area is 168 Å². The van der Waals surface area contributed by atoms with Gasteiger partial charge in [-0.3, -0.25) is 20.4 Å². The highest BCUT2D eigenvalue weighted by molar-refractivity contribution is 7.89. The lowest BCUT2D eigenvalue weighted by molar-refractivity contribution is -0.121. The van der Waals surface area contributed by atoms with Gasteiger partial charge in [0.25, 0.3) is 5.91 Å². The van der Waals surface area contributed by atoms with Crippen LogP contribution in [-0.4, -0.2) is 45.7 Å². The van der Waals surface area contributed by atoms with Gasteiger partial charge in [0.05, 0.1) is 13.5 Å². The summed E-state index contributed by atoms with van der Waals surface area (Å²) in [7, 11) is 0.260. The predicted molar refractivity (Wildman–Crippen MR) is 105 cm³/mol. The minimum Gasteiger partial charge on any atom is -0.495 e. The molecule has 2 rings (SSSR count). The monoisotopic (exact) mass is 425 g/mol. The molecule has 2 N–H and O–H groups in total. The van der Waals surface area contributed by atoms with Gasteiger partial charge in [0.2, 0.25) is 15.9 Å². The number of ether oxygens (including phenoxy) is 1. The molecule has 0 fully saturated rings. The van der Waals surface area contributed by atoms with Crippen LogP contribution in [0.5, 0.6) is 5.75 Å². The first-order chi connectivity index (χ1) is 13.1. The van der Waals surface area contributed by atoms with Crippen LogP contribution < -0.4 is 15.6 Å². The molecule has 8 nitrogen and oxygen atoms in total. The van der Waals surface area contributed by atoms with E-state index in [1.807, 2.05) is 0 Å². The lowest BCUT2D eigenvalue weighted by atomic mass is 10.1. The Kier molecular flexibility index (Phi) is 7.00. The summed E-state index contributed by atoms with van der Waals surface area (Å²) in [6, 6.07) is 10.7. The maximum absolute atomic E-state index is 12.4. The van der Waals surface area contributed by atoms with Crippen LogP contribution in [0.2, 0.25) is 5.02 Å². The molecule has 0 aromatic heterocycles. The fraction of sp³-hybridized carbons (Fsp3) is 0.222. The van der Waals surface area contributed by atoms with Crippen LogP contribution in [0.4, 0.5) is 0 Å². The summed E-state index contributed by atoms with van der Waals surface area (Å²) in [6.07, 6.45) is 0.0420. The number of hydrogen-bond donors (Lipinski definition) is 2. The average Bonchev–Trinajstić information content (AvgIpc) is 2.67. The molecule has 2 aromatic carbocycles. The second kappa shape index (κ2) is 9.05. The zero-order valence-electron chi connectivity index (χ0n) is 15.5. The van der Waals surface area contributed by atoms with Crippen LogP contribution in [0, 0.1) is 0 Å². The van der Waals surface area contributed by atoms with E-state index in [-0.39, 0.29) is 22.6 Å². The number of hydrogen-bond acceptors (Lipinski definition) is 5. The molecule has 28 heavy (non-hydrogen) atoms. The molecule has 0 heterocycles. The van der Waals surface area contributed by atoms with E-state index in [1.54, 1.807) is 24.3 Å². The molecule has 0 aliphatic heterocycles. The third-order valence-electron chi connectivity index (χ3n) is 3.78. The smallest absolute Gasteiger partial charge is 0.269 e. The molecule has 0 aliphatic carbocycles. The molecular weight excluding hydrogens is 406 g/mol. The van der Waals surface area contributed by atoms with E-state index < -0.39 is 21.8 Å². The Morgan fingerprint density at radius 1 is 1.07 bits per heavy atom. The number of amides is 2. The first-order valence-corrected chi connectivity index (χ1v) is 9.91. The highest BCUT2D eigenvalue weighted by Crippen LogP contribution is 2.26. The summed E-state index contributed by atoms with van der Waals surface area (Å²) < 4.78 is 30.9. The number of halogens is 1. The number of methoxy groups -OCH3 is 1. The van der Waals surface area contributed by atoms with E-state index in [4.69, 9.17) is 16.3 Å². The second-order valence-electron chi connectivity index (χ2n) is 5.96. The van der Waals surface area contributed by atoms with E-state index >= 15 is 0 Å². The van der Waals surface area contributed by atoms with Crippen molar-refractivity contribution in [1.82, 2.24) is 15.2 Å². The number of benzene rings is 2. The zero-order chi connectivity index (χ0) is 20.9. The Hall–Kier alpha value is -2.62. The SMILES string of the molecule is COc1ccc(C(=O)NNC(=O)Cc2ccc(Cl)cc2)cc1S(=O)(=O)N(C)C. The van der Waals surface area contributed by atoms with Gasteiger partial charge in [-0.15, -0.1) is 0 Å². The Balaban J connectivity index is 2.09. The molecule has 0 radical (unpaired) electrons. The van der Waals surface area contributed by atoms with Crippen molar-refractivity contribution in [2.75, 3.05) is 21.2 Å². The van der Waals surface area contributed by atoms with Crippen molar-refractivity contribution >= 4 is 33.4 Å². The molecule has 0 saturated carbocycles. The van der Waals surface area contributed by atoms with Gasteiger partial charge in [-0.25, -0.2) is 12.7 Å². The average molecular weight is 426 g/mol. The van der Waals surface area contributed by atoms with Crippen molar-refractivity contribution in [1.29, 1.82) is 0 Å². The Morgan fingerprint density at radius 3 is 2.29 bits per heavy atom. The molecule has 0 atom stereocenters. The maximum Gasteiger partial charge on any atom is 0.269 e. The van der Waals surface area contributed by atoms with Crippen molar-refractivity contribution in [3.63, 3.8) is 0 Å². The van der Waals surface area contributed by atoms with E-state index in [0.29, 0.717) is 5.02 Å². The van der Waals surface area contributed by atoms with Crippen LogP contribution in [0.1, 0.15) is 15.9 Å². The molecule has 0 unspecified atom stereocenters. The number of hydrazine groups is 1. The fourth-order valence-electron chi connectivity index (χ4n) is 2.25. The van der Waals surface area contributed by atoms with Gasteiger partial charge in [-0.1, -0.05) is 23.7 Å². The minimum absolute atomic E-state index is 0.0420. The quantitative estimate of drug-likeness (QED) is 0.684. The van der Waals surface area contributed by atoms with Gasteiger partial charge < -0.3 is 4.74 Å². The third-order valence-corrected chi connectivity index (χ3v) is 5.87. The molecule has 2 aromatic rings. The molecule has 0 saturated heterocycles. The van der Waals surface area contributed by atoms with Crippen LogP contribution in [0.3, 0.4) is 0 Å². The van der Waals surface area contributed by atoms with E-state index in [2.05, 4.69) is 10.9 Å². The first kappa shape index (κ1) is 21.7. The van der Waals surface area contributed by atoms with Crippen LogP contribution >= 0.6 is 11.6 Å². The van der Waals surface area contributed by atoms with Gasteiger partial charge in [0.1, 0.15) is 10.6 Å². The Bertz CT molecular complexity index is 975. The molecule has 0 spiro atoms. The lowest BCUT2D eigenvalue weighted by Crippen LogP contribution is -2.42. The largest absolute Gasteiger partial charge is 0.495 e. The van der Waals surface area contributed by atoms with Crippen molar-refractivity contribution in [2.45, 2.75) is 11.3 Å². The summed E-state index contributed by atoms with van der Waals surface area (Å²) in [5.74, 6) is -0.996. The number of nitrogens with zero attached hydrogens (tertiary/aromatic N) is 1. The maximum atomic E-state index is 12.4. The molecule has 0 aliphatic rings. The normalized spacial score (nSPS) is 11.2. The number of carbonyl (C=O) groups excluding carboxylic acids is 2. The van der Waals surface area contributed by atoms with Gasteiger partial charge in [-0.05, 0) is 35.9 Å². The standard InChI is InChI=1S/C18H20ClN3O5S/c1-22(2)28(25,26)16-11-13(6-9-15(16)27-3)18(24)21-20-17(23)10-12-4-7-14(19)8-5-12/h4-9,11H,10H2,1-3H3,(H,20,23)(H,21,24). The molecule has 0 bridgehead atoms. The van der Waals surface area contributed by atoms with Crippen LogP contribution in [0.25, 0.3) is 0 Å². The van der Waals surface area contributed by atoms with Crippen molar-refractivity contribution in [3.05, 3.63) is 58.6 Å². The van der Waals surface area contributed by atoms with Gasteiger partial charge in [0.15, 0.2) is 0 Å². The topological polar surface area (TPSA) is 105 Å². The van der Waals surface area contributed by atoms with Gasteiger partial charge in [-0.2, -0.15) is 0 Å². The first-order valence-electron chi connectivity index (χ1n) is 8.09. The minimum atomic E-state index is -3.82. The molecular formula is C18H20ClN3O5S. The molecule has 2 amide bonds. The highest BCUT2D eigenvalue weighted by atomic mass is 35.5. The number of rotatable bonds is 6. The summed E-state index contributed by atoms with van der Waals surface area (Å²) in [5.41, 5.74) is 5.32. The highest BCUT2D eigenvalue weighted by Gasteiger charge is 2.24. The lowest BCUT2D eigenvalue weighted by Gasteiger charge is -2.15.